The Morgan fingerprint density at radius 1 is 0.914 bits per heavy atom. The number of halogens is 1. The van der Waals surface area contributed by atoms with Gasteiger partial charge in [0.2, 0.25) is 0 Å². The summed E-state index contributed by atoms with van der Waals surface area (Å²) in [6, 6.07) is 13.8. The maximum atomic E-state index is 13.2. The minimum atomic E-state index is -4.02. The molecule has 0 unspecified atom stereocenters. The zero-order chi connectivity index (χ0) is 25.4. The Labute approximate surface area is 204 Å². The standard InChI is InChI=1S/C25H27FN2O6S/c1-4-14-34-23-12-6-17(15-24(23)33-5-2)25(29)27-19-9-13-22(32-3)21(16-19)28-35(30,31)20-10-7-18(26)8-11-20/h6-13,15-16,28H,4-5,14H2,1-3H3,(H,27,29). The molecule has 186 valence electrons. The first-order valence-electron chi connectivity index (χ1n) is 10.9. The Morgan fingerprint density at radius 2 is 1.63 bits per heavy atom. The van der Waals surface area contributed by atoms with Gasteiger partial charge in [-0.1, -0.05) is 6.92 Å². The van der Waals surface area contributed by atoms with Crippen LogP contribution in [0.15, 0.2) is 65.6 Å². The number of carbonyl (C=O) groups excluding carboxylic acids is 1. The Balaban J connectivity index is 1.83. The number of methoxy groups -OCH3 is 1. The molecule has 0 saturated carbocycles. The molecule has 0 aliphatic heterocycles. The molecule has 0 bridgehead atoms. The Kier molecular flexibility index (Phi) is 8.53. The van der Waals surface area contributed by atoms with Gasteiger partial charge in [0, 0.05) is 11.3 Å². The molecule has 3 rings (SSSR count). The van der Waals surface area contributed by atoms with Gasteiger partial charge in [-0.2, -0.15) is 0 Å². The highest BCUT2D eigenvalue weighted by Gasteiger charge is 2.18. The second-order valence-corrected chi connectivity index (χ2v) is 9.05. The van der Waals surface area contributed by atoms with Gasteiger partial charge in [0.25, 0.3) is 15.9 Å². The third kappa shape index (κ3) is 6.63. The van der Waals surface area contributed by atoms with Gasteiger partial charge in [0.05, 0.1) is 30.9 Å². The van der Waals surface area contributed by atoms with Crippen LogP contribution >= 0.6 is 0 Å². The normalized spacial score (nSPS) is 11.0. The van der Waals surface area contributed by atoms with Crippen LogP contribution in [0.5, 0.6) is 17.2 Å². The average molecular weight is 503 g/mol. The number of amides is 1. The van der Waals surface area contributed by atoms with Crippen LogP contribution in [0.1, 0.15) is 30.6 Å². The largest absolute Gasteiger partial charge is 0.495 e. The van der Waals surface area contributed by atoms with Crippen molar-refractivity contribution in [3.8, 4) is 17.2 Å². The Bertz CT molecular complexity index is 1280. The van der Waals surface area contributed by atoms with E-state index in [4.69, 9.17) is 14.2 Å². The van der Waals surface area contributed by atoms with E-state index in [0.717, 1.165) is 30.7 Å². The summed E-state index contributed by atoms with van der Waals surface area (Å²) in [5.74, 6) is 0.266. The highest BCUT2D eigenvalue weighted by Crippen LogP contribution is 2.32. The van der Waals surface area contributed by atoms with Crippen molar-refractivity contribution in [2.24, 2.45) is 0 Å². The lowest BCUT2D eigenvalue weighted by molar-refractivity contribution is 0.102. The van der Waals surface area contributed by atoms with Crippen molar-refractivity contribution in [3.05, 3.63) is 72.0 Å². The van der Waals surface area contributed by atoms with Crippen LogP contribution in [-0.4, -0.2) is 34.6 Å². The quantitative estimate of drug-likeness (QED) is 0.379. The molecular formula is C25H27FN2O6S. The number of carbonyl (C=O) groups is 1. The first-order valence-corrected chi connectivity index (χ1v) is 12.4. The van der Waals surface area contributed by atoms with Crippen LogP contribution in [0.25, 0.3) is 0 Å². The highest BCUT2D eigenvalue weighted by atomic mass is 32.2. The zero-order valence-corrected chi connectivity index (χ0v) is 20.4. The summed E-state index contributed by atoms with van der Waals surface area (Å²) in [6.45, 7) is 4.75. The second kappa shape index (κ2) is 11.6. The molecule has 0 radical (unpaired) electrons. The van der Waals surface area contributed by atoms with E-state index in [-0.39, 0.29) is 16.3 Å². The summed E-state index contributed by atoms with van der Waals surface area (Å²) in [7, 11) is -2.63. The number of hydrogen-bond donors (Lipinski definition) is 2. The molecule has 0 fully saturated rings. The maximum Gasteiger partial charge on any atom is 0.262 e. The monoisotopic (exact) mass is 502 g/mol. The summed E-state index contributed by atoms with van der Waals surface area (Å²) in [6.07, 6.45) is 0.832. The molecule has 10 heteroatoms. The summed E-state index contributed by atoms with van der Waals surface area (Å²) in [4.78, 5) is 12.8. The lowest BCUT2D eigenvalue weighted by Gasteiger charge is -2.15. The van der Waals surface area contributed by atoms with E-state index in [9.17, 15) is 17.6 Å². The van der Waals surface area contributed by atoms with Crippen LogP contribution in [-0.2, 0) is 10.0 Å². The maximum absolute atomic E-state index is 13.2. The van der Waals surface area contributed by atoms with Crippen molar-refractivity contribution in [1.29, 1.82) is 0 Å². The number of sulfonamides is 1. The predicted octanol–water partition coefficient (Wildman–Crippen LogP) is 5.07. The average Bonchev–Trinajstić information content (AvgIpc) is 2.83. The van der Waals surface area contributed by atoms with Crippen molar-refractivity contribution in [2.75, 3.05) is 30.4 Å². The van der Waals surface area contributed by atoms with Gasteiger partial charge in [0.15, 0.2) is 11.5 Å². The Hall–Kier alpha value is -3.79. The van der Waals surface area contributed by atoms with E-state index >= 15 is 0 Å². The van der Waals surface area contributed by atoms with Gasteiger partial charge >= 0.3 is 0 Å². The fourth-order valence-corrected chi connectivity index (χ4v) is 4.20. The zero-order valence-electron chi connectivity index (χ0n) is 19.6. The van der Waals surface area contributed by atoms with Crippen molar-refractivity contribution < 1.29 is 31.8 Å². The van der Waals surface area contributed by atoms with Crippen molar-refractivity contribution >= 4 is 27.3 Å². The van der Waals surface area contributed by atoms with Gasteiger partial charge < -0.3 is 19.5 Å². The van der Waals surface area contributed by atoms with E-state index in [1.807, 2.05) is 13.8 Å². The van der Waals surface area contributed by atoms with Gasteiger partial charge in [-0.05, 0) is 74.0 Å². The van der Waals surface area contributed by atoms with E-state index in [1.165, 1.54) is 19.2 Å². The third-order valence-electron chi connectivity index (χ3n) is 4.79. The van der Waals surface area contributed by atoms with Gasteiger partial charge in [-0.25, -0.2) is 12.8 Å². The van der Waals surface area contributed by atoms with Crippen molar-refractivity contribution in [3.63, 3.8) is 0 Å². The summed E-state index contributed by atoms with van der Waals surface area (Å²) in [5.41, 5.74) is 0.770. The lowest BCUT2D eigenvalue weighted by atomic mass is 10.1. The van der Waals surface area contributed by atoms with Gasteiger partial charge in [-0.15, -0.1) is 0 Å². The third-order valence-corrected chi connectivity index (χ3v) is 6.17. The van der Waals surface area contributed by atoms with Crippen LogP contribution < -0.4 is 24.2 Å². The smallest absolute Gasteiger partial charge is 0.262 e. The molecule has 0 atom stereocenters. The molecule has 3 aromatic rings. The van der Waals surface area contributed by atoms with Crippen LogP contribution in [0, 0.1) is 5.82 Å². The highest BCUT2D eigenvalue weighted by molar-refractivity contribution is 7.92. The molecule has 0 aliphatic rings. The minimum Gasteiger partial charge on any atom is -0.495 e. The number of hydrogen-bond acceptors (Lipinski definition) is 6. The van der Waals surface area contributed by atoms with Crippen molar-refractivity contribution in [1.82, 2.24) is 0 Å². The number of nitrogens with one attached hydrogen (secondary N) is 2. The lowest BCUT2D eigenvalue weighted by Crippen LogP contribution is -2.15. The fraction of sp³-hybridized carbons (Fsp3) is 0.240. The molecule has 0 aromatic heterocycles. The molecule has 0 spiro atoms. The molecule has 8 nitrogen and oxygen atoms in total. The molecule has 0 heterocycles. The van der Waals surface area contributed by atoms with E-state index in [2.05, 4.69) is 10.0 Å². The van der Waals surface area contributed by atoms with E-state index in [0.29, 0.717) is 36.0 Å². The number of anilines is 2. The SMILES string of the molecule is CCCOc1ccc(C(=O)Nc2ccc(OC)c(NS(=O)(=O)c3ccc(F)cc3)c2)cc1OCC. The fourth-order valence-electron chi connectivity index (χ4n) is 3.14. The van der Waals surface area contributed by atoms with Crippen LogP contribution in [0.3, 0.4) is 0 Å². The minimum absolute atomic E-state index is 0.105. The second-order valence-electron chi connectivity index (χ2n) is 7.37. The molecular weight excluding hydrogens is 475 g/mol. The van der Waals surface area contributed by atoms with E-state index in [1.54, 1.807) is 24.3 Å². The first kappa shape index (κ1) is 25.8. The molecule has 2 N–H and O–H groups in total. The summed E-state index contributed by atoms with van der Waals surface area (Å²) < 4.78 is 57.6. The molecule has 0 aliphatic carbocycles. The molecule has 1 amide bonds. The van der Waals surface area contributed by atoms with Gasteiger partial charge in [0.1, 0.15) is 11.6 Å². The summed E-state index contributed by atoms with van der Waals surface area (Å²) >= 11 is 0. The summed E-state index contributed by atoms with van der Waals surface area (Å²) in [5, 5.41) is 2.74. The number of rotatable bonds is 11. The topological polar surface area (TPSA) is 103 Å². The van der Waals surface area contributed by atoms with Crippen molar-refractivity contribution in [2.45, 2.75) is 25.2 Å². The van der Waals surface area contributed by atoms with Gasteiger partial charge in [-0.3, -0.25) is 9.52 Å². The molecule has 3 aromatic carbocycles. The number of benzene rings is 3. The Morgan fingerprint density at radius 3 is 2.29 bits per heavy atom. The molecule has 35 heavy (non-hydrogen) atoms. The number of ether oxygens (including phenoxy) is 3. The first-order chi connectivity index (χ1) is 16.8. The molecule has 0 saturated heterocycles. The predicted molar refractivity (Wildman–Crippen MR) is 132 cm³/mol. The van der Waals surface area contributed by atoms with Crippen LogP contribution in [0.2, 0.25) is 0 Å². The van der Waals surface area contributed by atoms with E-state index < -0.39 is 21.7 Å². The van der Waals surface area contributed by atoms with Crippen LogP contribution in [0.4, 0.5) is 15.8 Å².